The summed E-state index contributed by atoms with van der Waals surface area (Å²) in [5.74, 6) is -0.0897. The van der Waals surface area contributed by atoms with Gasteiger partial charge in [-0.2, -0.15) is 0 Å². The summed E-state index contributed by atoms with van der Waals surface area (Å²) >= 11 is 6.03. The van der Waals surface area contributed by atoms with Crippen LogP contribution in [0.25, 0.3) is 11.0 Å². The minimum atomic E-state index is -0.0897. The standard InChI is InChI=1S/C19H19ClN4O2/c1-22-16-6-4-14(10-17(16)23(2)19(22)26)21-18(25)11-24-8-7-12-9-13(20)3-5-15(12)24/h3-6,9-10H,7-8,11H2,1-2H3,(H,21,25). The van der Waals surface area contributed by atoms with Gasteiger partial charge in [0.25, 0.3) is 0 Å². The maximum Gasteiger partial charge on any atom is 0.328 e. The molecule has 0 bridgehead atoms. The molecule has 0 unspecified atom stereocenters. The van der Waals surface area contributed by atoms with Gasteiger partial charge in [-0.15, -0.1) is 0 Å². The number of hydrogen-bond acceptors (Lipinski definition) is 3. The molecule has 0 radical (unpaired) electrons. The Bertz CT molecular complexity index is 1080. The number of aromatic nitrogens is 2. The second-order valence-corrected chi connectivity index (χ2v) is 7.03. The highest BCUT2D eigenvalue weighted by atomic mass is 35.5. The first kappa shape index (κ1) is 16.7. The molecule has 0 fully saturated rings. The molecule has 134 valence electrons. The molecule has 0 saturated heterocycles. The molecule has 7 heteroatoms. The lowest BCUT2D eigenvalue weighted by Crippen LogP contribution is -2.31. The smallest absolute Gasteiger partial charge is 0.328 e. The maximum absolute atomic E-state index is 12.5. The summed E-state index contributed by atoms with van der Waals surface area (Å²) in [7, 11) is 3.46. The van der Waals surface area contributed by atoms with E-state index in [1.54, 1.807) is 23.2 Å². The molecule has 1 aromatic heterocycles. The Morgan fingerprint density at radius 1 is 1.12 bits per heavy atom. The van der Waals surface area contributed by atoms with Crippen molar-refractivity contribution in [2.24, 2.45) is 14.1 Å². The number of aryl methyl sites for hydroxylation is 2. The molecule has 0 atom stereocenters. The Kier molecular flexibility index (Phi) is 4.00. The van der Waals surface area contributed by atoms with E-state index in [1.807, 2.05) is 36.4 Å². The molecule has 0 saturated carbocycles. The van der Waals surface area contributed by atoms with Crippen molar-refractivity contribution in [2.45, 2.75) is 6.42 Å². The number of benzene rings is 2. The third-order valence-corrected chi connectivity index (χ3v) is 5.16. The number of nitrogens with one attached hydrogen (secondary N) is 1. The molecule has 3 aromatic rings. The fourth-order valence-corrected chi connectivity index (χ4v) is 3.76. The maximum atomic E-state index is 12.5. The van der Waals surface area contributed by atoms with E-state index in [0.29, 0.717) is 5.69 Å². The summed E-state index contributed by atoms with van der Waals surface area (Å²) in [6.07, 6.45) is 0.890. The van der Waals surface area contributed by atoms with Gasteiger partial charge in [0.1, 0.15) is 0 Å². The van der Waals surface area contributed by atoms with Gasteiger partial charge in [0.2, 0.25) is 5.91 Å². The van der Waals surface area contributed by atoms with Crippen LogP contribution in [0.1, 0.15) is 5.56 Å². The van der Waals surface area contributed by atoms with Crippen LogP contribution in [0.5, 0.6) is 0 Å². The number of anilines is 2. The van der Waals surface area contributed by atoms with Crippen LogP contribution in [0, 0.1) is 0 Å². The van der Waals surface area contributed by atoms with Crippen molar-refractivity contribution in [3.05, 3.63) is 57.5 Å². The van der Waals surface area contributed by atoms with E-state index < -0.39 is 0 Å². The van der Waals surface area contributed by atoms with Crippen molar-refractivity contribution in [1.29, 1.82) is 0 Å². The third-order valence-electron chi connectivity index (χ3n) is 4.92. The Balaban J connectivity index is 1.52. The Labute approximate surface area is 155 Å². The largest absolute Gasteiger partial charge is 0.362 e. The summed E-state index contributed by atoms with van der Waals surface area (Å²) in [6.45, 7) is 1.08. The van der Waals surface area contributed by atoms with Crippen LogP contribution in [-0.4, -0.2) is 28.1 Å². The lowest BCUT2D eigenvalue weighted by atomic mass is 10.2. The zero-order valence-electron chi connectivity index (χ0n) is 14.6. The molecule has 6 nitrogen and oxygen atoms in total. The predicted molar refractivity (Wildman–Crippen MR) is 104 cm³/mol. The van der Waals surface area contributed by atoms with E-state index in [4.69, 9.17) is 11.6 Å². The van der Waals surface area contributed by atoms with Gasteiger partial charge in [0.15, 0.2) is 0 Å². The van der Waals surface area contributed by atoms with Crippen LogP contribution in [0.2, 0.25) is 5.02 Å². The quantitative estimate of drug-likeness (QED) is 0.770. The number of hydrogen-bond donors (Lipinski definition) is 1. The van der Waals surface area contributed by atoms with Crippen LogP contribution in [0.15, 0.2) is 41.2 Å². The number of nitrogens with zero attached hydrogens (tertiary/aromatic N) is 3. The topological polar surface area (TPSA) is 59.3 Å². The molecule has 1 N–H and O–H groups in total. The molecule has 0 spiro atoms. The van der Waals surface area contributed by atoms with Crippen LogP contribution >= 0.6 is 11.6 Å². The summed E-state index contributed by atoms with van der Waals surface area (Å²) < 4.78 is 3.17. The highest BCUT2D eigenvalue weighted by molar-refractivity contribution is 6.30. The van der Waals surface area contributed by atoms with Gasteiger partial charge < -0.3 is 10.2 Å². The lowest BCUT2D eigenvalue weighted by molar-refractivity contribution is -0.115. The zero-order chi connectivity index (χ0) is 18.4. The van der Waals surface area contributed by atoms with Crippen LogP contribution in [0.3, 0.4) is 0 Å². The molecule has 2 aromatic carbocycles. The van der Waals surface area contributed by atoms with Gasteiger partial charge in [0.05, 0.1) is 17.6 Å². The van der Waals surface area contributed by atoms with E-state index in [1.165, 1.54) is 5.56 Å². The fourth-order valence-electron chi connectivity index (χ4n) is 3.56. The van der Waals surface area contributed by atoms with E-state index in [2.05, 4.69) is 10.2 Å². The van der Waals surface area contributed by atoms with E-state index in [0.717, 1.165) is 34.7 Å². The van der Waals surface area contributed by atoms with Crippen molar-refractivity contribution in [2.75, 3.05) is 23.3 Å². The number of fused-ring (bicyclic) bond motifs is 2. The SMILES string of the molecule is Cn1c(=O)n(C)c2cc(NC(=O)CN3CCc4cc(Cl)ccc43)ccc21. The fraction of sp³-hybridized carbons (Fsp3) is 0.263. The second kappa shape index (κ2) is 6.21. The van der Waals surface area contributed by atoms with Gasteiger partial charge in [0, 0.05) is 37.0 Å². The Morgan fingerprint density at radius 3 is 2.69 bits per heavy atom. The minimum absolute atomic E-state index is 0.0872. The average molecular weight is 371 g/mol. The molecular weight excluding hydrogens is 352 g/mol. The molecule has 1 amide bonds. The first-order chi connectivity index (χ1) is 12.4. The molecule has 1 aliphatic heterocycles. The normalized spacial score (nSPS) is 13.3. The van der Waals surface area contributed by atoms with Crippen LogP contribution in [0.4, 0.5) is 11.4 Å². The molecule has 0 aliphatic carbocycles. The molecule has 1 aliphatic rings. The molecule has 4 rings (SSSR count). The number of carbonyl (C=O) groups excluding carboxylic acids is 1. The third kappa shape index (κ3) is 2.76. The molecular formula is C19H19ClN4O2. The van der Waals surface area contributed by atoms with Crippen LogP contribution < -0.4 is 15.9 Å². The predicted octanol–water partition coefficient (Wildman–Crippen LogP) is 2.53. The second-order valence-electron chi connectivity index (χ2n) is 6.60. The van der Waals surface area contributed by atoms with Crippen molar-refractivity contribution in [1.82, 2.24) is 9.13 Å². The summed E-state index contributed by atoms with van der Waals surface area (Å²) in [6, 6.07) is 11.3. The highest BCUT2D eigenvalue weighted by Gasteiger charge is 2.21. The number of halogens is 1. The zero-order valence-corrected chi connectivity index (χ0v) is 15.4. The van der Waals surface area contributed by atoms with Crippen molar-refractivity contribution in [3.8, 4) is 0 Å². The van der Waals surface area contributed by atoms with E-state index in [9.17, 15) is 9.59 Å². The highest BCUT2D eigenvalue weighted by Crippen LogP contribution is 2.30. The first-order valence-electron chi connectivity index (χ1n) is 8.43. The molecule has 26 heavy (non-hydrogen) atoms. The minimum Gasteiger partial charge on any atom is -0.362 e. The Morgan fingerprint density at radius 2 is 1.88 bits per heavy atom. The van der Waals surface area contributed by atoms with E-state index in [-0.39, 0.29) is 18.1 Å². The van der Waals surface area contributed by atoms with Crippen molar-refractivity contribution >= 4 is 39.9 Å². The monoisotopic (exact) mass is 370 g/mol. The lowest BCUT2D eigenvalue weighted by Gasteiger charge is -2.19. The van der Waals surface area contributed by atoms with E-state index >= 15 is 0 Å². The van der Waals surface area contributed by atoms with Crippen molar-refractivity contribution < 1.29 is 4.79 Å². The van der Waals surface area contributed by atoms with Gasteiger partial charge in [-0.05, 0) is 48.4 Å². The van der Waals surface area contributed by atoms with Crippen LogP contribution in [-0.2, 0) is 25.3 Å². The summed E-state index contributed by atoms with van der Waals surface area (Å²) in [5.41, 5.74) is 4.45. The van der Waals surface area contributed by atoms with Gasteiger partial charge in [-0.1, -0.05) is 11.6 Å². The van der Waals surface area contributed by atoms with Crippen molar-refractivity contribution in [3.63, 3.8) is 0 Å². The Hall–Kier alpha value is -2.73. The summed E-state index contributed by atoms with van der Waals surface area (Å²) in [5, 5.41) is 3.65. The number of rotatable bonds is 3. The average Bonchev–Trinajstić information content (AvgIpc) is 3.09. The number of carbonyl (C=O) groups is 1. The number of amides is 1. The van der Waals surface area contributed by atoms with Gasteiger partial charge >= 0.3 is 5.69 Å². The first-order valence-corrected chi connectivity index (χ1v) is 8.80. The number of imidazole rings is 1. The summed E-state index contributed by atoms with van der Waals surface area (Å²) in [4.78, 5) is 26.6. The molecule has 2 heterocycles. The van der Waals surface area contributed by atoms with Gasteiger partial charge in [-0.3, -0.25) is 13.9 Å². The van der Waals surface area contributed by atoms with Gasteiger partial charge in [-0.25, -0.2) is 4.79 Å².